The quantitative estimate of drug-likeness (QED) is 0.556. The highest BCUT2D eigenvalue weighted by Gasteiger charge is 2.06. The van der Waals surface area contributed by atoms with Gasteiger partial charge in [-0.3, -0.25) is 0 Å². The predicted octanol–water partition coefficient (Wildman–Crippen LogP) is 7.31. The summed E-state index contributed by atoms with van der Waals surface area (Å²) in [5.41, 5.74) is 7.35. The molecule has 2 aromatic rings. The maximum absolute atomic E-state index is 3.92. The molecule has 0 heteroatoms. The van der Waals surface area contributed by atoms with Crippen LogP contribution in [0.3, 0.4) is 0 Å². The molecule has 0 N–H and O–H groups in total. The molecule has 0 fully saturated rings. The Kier molecular flexibility index (Phi) is 9.61. The van der Waals surface area contributed by atoms with Crippen LogP contribution in [0, 0.1) is 13.8 Å². The number of hydrogen-bond acceptors (Lipinski definition) is 0. The van der Waals surface area contributed by atoms with Gasteiger partial charge in [-0.05, 0) is 47.2 Å². The van der Waals surface area contributed by atoms with Gasteiger partial charge in [0.2, 0.25) is 0 Å². The molecule has 22 heavy (non-hydrogen) atoms. The SMILES string of the molecule is C=Cc1cccc(-c2ccc(C)c(C)c2)c1C=C.CC.CC. The van der Waals surface area contributed by atoms with Crippen LogP contribution in [0.15, 0.2) is 49.6 Å². The second-order valence-corrected chi connectivity index (χ2v) is 4.52. The lowest BCUT2D eigenvalue weighted by molar-refractivity contribution is 1.34. The molecule has 0 aliphatic heterocycles. The lowest BCUT2D eigenvalue weighted by Gasteiger charge is -2.11. The first-order valence-corrected chi connectivity index (χ1v) is 8.13. The first kappa shape index (κ1) is 19.9. The molecular weight excluding hydrogens is 264 g/mol. The van der Waals surface area contributed by atoms with E-state index in [1.165, 1.54) is 22.3 Å². The predicted molar refractivity (Wildman–Crippen MR) is 104 cm³/mol. The average Bonchev–Trinajstić information content (AvgIpc) is 2.60. The summed E-state index contributed by atoms with van der Waals surface area (Å²) in [6, 6.07) is 12.8. The van der Waals surface area contributed by atoms with Crippen molar-refractivity contribution in [2.75, 3.05) is 0 Å². The van der Waals surface area contributed by atoms with E-state index in [1.807, 2.05) is 39.8 Å². The second-order valence-electron chi connectivity index (χ2n) is 4.52. The van der Waals surface area contributed by atoms with Crippen LogP contribution < -0.4 is 0 Å². The Morgan fingerprint density at radius 1 is 0.773 bits per heavy atom. The van der Waals surface area contributed by atoms with Crippen LogP contribution in [0.2, 0.25) is 0 Å². The van der Waals surface area contributed by atoms with Gasteiger partial charge in [-0.2, -0.15) is 0 Å². The number of aryl methyl sites for hydroxylation is 2. The molecule has 0 saturated heterocycles. The zero-order chi connectivity index (χ0) is 17.1. The molecule has 0 spiro atoms. The van der Waals surface area contributed by atoms with Crippen LogP contribution in [-0.4, -0.2) is 0 Å². The van der Waals surface area contributed by atoms with Crippen LogP contribution in [0.1, 0.15) is 49.9 Å². The van der Waals surface area contributed by atoms with Gasteiger partial charge in [-0.1, -0.05) is 89.4 Å². The molecule has 0 aliphatic carbocycles. The summed E-state index contributed by atoms with van der Waals surface area (Å²) in [7, 11) is 0. The van der Waals surface area contributed by atoms with E-state index >= 15 is 0 Å². The van der Waals surface area contributed by atoms with E-state index in [4.69, 9.17) is 0 Å². The zero-order valence-electron chi connectivity index (χ0n) is 15.0. The zero-order valence-corrected chi connectivity index (χ0v) is 15.0. The van der Waals surface area contributed by atoms with Gasteiger partial charge < -0.3 is 0 Å². The topological polar surface area (TPSA) is 0 Å². The molecule has 2 aromatic carbocycles. The van der Waals surface area contributed by atoms with Gasteiger partial charge in [-0.25, -0.2) is 0 Å². The van der Waals surface area contributed by atoms with E-state index in [0.717, 1.165) is 11.1 Å². The first-order chi connectivity index (χ1) is 10.7. The summed E-state index contributed by atoms with van der Waals surface area (Å²) in [5.74, 6) is 0. The molecule has 2 rings (SSSR count). The van der Waals surface area contributed by atoms with Crippen molar-refractivity contribution in [2.24, 2.45) is 0 Å². The fraction of sp³-hybridized carbons (Fsp3) is 0.273. The van der Waals surface area contributed by atoms with Crippen LogP contribution in [-0.2, 0) is 0 Å². The smallest absolute Gasteiger partial charge is 0.0106 e. The summed E-state index contributed by atoms with van der Waals surface area (Å²) in [4.78, 5) is 0. The molecule has 0 saturated carbocycles. The van der Waals surface area contributed by atoms with Crippen molar-refractivity contribution in [1.29, 1.82) is 0 Å². The van der Waals surface area contributed by atoms with Crippen molar-refractivity contribution in [3.63, 3.8) is 0 Å². The monoisotopic (exact) mass is 294 g/mol. The maximum atomic E-state index is 3.92. The Hall–Kier alpha value is -2.08. The van der Waals surface area contributed by atoms with Gasteiger partial charge >= 0.3 is 0 Å². The Balaban J connectivity index is 0.00000102. The summed E-state index contributed by atoms with van der Waals surface area (Å²) in [5, 5.41) is 0. The summed E-state index contributed by atoms with van der Waals surface area (Å²) >= 11 is 0. The Morgan fingerprint density at radius 3 is 1.91 bits per heavy atom. The van der Waals surface area contributed by atoms with Gasteiger partial charge in [0.1, 0.15) is 0 Å². The van der Waals surface area contributed by atoms with E-state index in [-0.39, 0.29) is 0 Å². The third-order valence-electron chi connectivity index (χ3n) is 3.38. The Bertz CT molecular complexity index is 603. The van der Waals surface area contributed by atoms with Crippen molar-refractivity contribution >= 4 is 12.2 Å². The normalized spacial score (nSPS) is 8.82. The van der Waals surface area contributed by atoms with E-state index in [9.17, 15) is 0 Å². The standard InChI is InChI=1S/C18H18.2C2H6/c1-5-15-8-7-9-18(17(15)6-2)16-11-10-13(3)14(4)12-16;2*1-2/h5-12H,1-2H2,3-4H3;2*1-2H3. The van der Waals surface area contributed by atoms with Crippen LogP contribution in [0.4, 0.5) is 0 Å². The highest BCUT2D eigenvalue weighted by molar-refractivity contribution is 5.80. The Labute approximate surface area is 137 Å². The minimum atomic E-state index is 1.13. The van der Waals surface area contributed by atoms with Crippen LogP contribution in [0.5, 0.6) is 0 Å². The molecule has 0 nitrogen and oxygen atoms in total. The maximum Gasteiger partial charge on any atom is -0.0106 e. The molecule has 0 atom stereocenters. The molecule has 0 radical (unpaired) electrons. The van der Waals surface area contributed by atoms with Gasteiger partial charge in [0.05, 0.1) is 0 Å². The second kappa shape index (κ2) is 10.6. The molecular formula is C22H30. The summed E-state index contributed by atoms with van der Waals surface area (Å²) in [6.45, 7) is 20.1. The number of benzene rings is 2. The van der Waals surface area contributed by atoms with E-state index in [0.29, 0.717) is 0 Å². The fourth-order valence-electron chi connectivity index (χ4n) is 2.15. The summed E-state index contributed by atoms with van der Waals surface area (Å²) in [6.07, 6.45) is 3.78. The lowest BCUT2D eigenvalue weighted by Crippen LogP contribution is -1.89. The van der Waals surface area contributed by atoms with E-state index in [1.54, 1.807) is 0 Å². The molecule has 0 bridgehead atoms. The minimum absolute atomic E-state index is 1.13. The van der Waals surface area contributed by atoms with Crippen molar-refractivity contribution in [3.8, 4) is 11.1 Å². The van der Waals surface area contributed by atoms with Gasteiger partial charge in [0, 0.05) is 0 Å². The molecule has 118 valence electrons. The average molecular weight is 294 g/mol. The molecule has 0 unspecified atom stereocenters. The highest BCUT2D eigenvalue weighted by atomic mass is 14.1. The van der Waals surface area contributed by atoms with Gasteiger partial charge in [0.25, 0.3) is 0 Å². The molecule has 0 heterocycles. The molecule has 0 amide bonds. The minimum Gasteiger partial charge on any atom is -0.0984 e. The number of hydrogen-bond donors (Lipinski definition) is 0. The summed E-state index contributed by atoms with van der Waals surface area (Å²) < 4.78 is 0. The lowest BCUT2D eigenvalue weighted by atomic mass is 9.93. The van der Waals surface area contributed by atoms with E-state index in [2.05, 4.69) is 63.4 Å². The molecule has 0 aliphatic rings. The van der Waals surface area contributed by atoms with Gasteiger partial charge in [0.15, 0.2) is 0 Å². The van der Waals surface area contributed by atoms with Crippen molar-refractivity contribution in [2.45, 2.75) is 41.5 Å². The van der Waals surface area contributed by atoms with Crippen LogP contribution in [0.25, 0.3) is 23.3 Å². The fourth-order valence-corrected chi connectivity index (χ4v) is 2.15. The first-order valence-electron chi connectivity index (χ1n) is 8.13. The largest absolute Gasteiger partial charge is 0.0984 e. The van der Waals surface area contributed by atoms with Crippen molar-refractivity contribution in [1.82, 2.24) is 0 Å². The molecule has 0 aromatic heterocycles. The number of rotatable bonds is 3. The Morgan fingerprint density at radius 2 is 1.41 bits per heavy atom. The van der Waals surface area contributed by atoms with Crippen molar-refractivity contribution < 1.29 is 0 Å². The third kappa shape index (κ3) is 4.73. The third-order valence-corrected chi connectivity index (χ3v) is 3.38. The highest BCUT2D eigenvalue weighted by Crippen LogP contribution is 2.29. The van der Waals surface area contributed by atoms with Crippen LogP contribution >= 0.6 is 0 Å². The van der Waals surface area contributed by atoms with Crippen molar-refractivity contribution in [3.05, 3.63) is 71.8 Å². The van der Waals surface area contributed by atoms with Gasteiger partial charge in [-0.15, -0.1) is 0 Å². The van der Waals surface area contributed by atoms with E-state index < -0.39 is 0 Å².